The third-order valence-corrected chi connectivity index (χ3v) is 3.76. The quantitative estimate of drug-likeness (QED) is 0.929. The van der Waals surface area contributed by atoms with E-state index in [0.29, 0.717) is 6.42 Å². The number of carbonyl (C=O) groups is 1. The van der Waals surface area contributed by atoms with Gasteiger partial charge in [-0.1, -0.05) is 18.2 Å². The first-order valence-corrected chi connectivity index (χ1v) is 6.71. The van der Waals surface area contributed by atoms with Crippen LogP contribution in [0.3, 0.4) is 0 Å². The minimum Gasteiger partial charge on any atom is -0.481 e. The third-order valence-electron chi connectivity index (χ3n) is 3.76. The van der Waals surface area contributed by atoms with Gasteiger partial charge in [-0.15, -0.1) is 0 Å². The number of para-hydroxylation sites is 1. The largest absolute Gasteiger partial charge is 0.481 e. The van der Waals surface area contributed by atoms with E-state index in [2.05, 4.69) is 9.88 Å². The van der Waals surface area contributed by atoms with Crippen LogP contribution in [0, 0.1) is 0 Å². The van der Waals surface area contributed by atoms with Gasteiger partial charge < -0.3 is 10.0 Å². The van der Waals surface area contributed by atoms with Crippen molar-refractivity contribution in [1.29, 1.82) is 0 Å². The lowest BCUT2D eigenvalue weighted by Crippen LogP contribution is -2.33. The van der Waals surface area contributed by atoms with Gasteiger partial charge in [0.1, 0.15) is 0 Å². The molecule has 0 amide bonds. The van der Waals surface area contributed by atoms with E-state index < -0.39 is 5.97 Å². The van der Waals surface area contributed by atoms with Gasteiger partial charge in [0.25, 0.3) is 0 Å². The second kappa shape index (κ2) is 5.33. The van der Waals surface area contributed by atoms with Gasteiger partial charge in [-0.05, 0) is 35.7 Å². The van der Waals surface area contributed by atoms with E-state index in [1.165, 1.54) is 5.56 Å². The molecule has 0 saturated carbocycles. The summed E-state index contributed by atoms with van der Waals surface area (Å²) in [4.78, 5) is 17.6. The van der Waals surface area contributed by atoms with E-state index in [1.54, 1.807) is 12.4 Å². The Bertz CT molecular complexity index is 613. The van der Waals surface area contributed by atoms with Crippen molar-refractivity contribution in [3.05, 3.63) is 59.9 Å². The number of carboxylic acids is 1. The van der Waals surface area contributed by atoms with Crippen LogP contribution in [-0.4, -0.2) is 22.6 Å². The summed E-state index contributed by atoms with van der Waals surface area (Å²) in [7, 11) is 0. The molecule has 4 heteroatoms. The highest BCUT2D eigenvalue weighted by molar-refractivity contribution is 5.80. The van der Waals surface area contributed by atoms with Gasteiger partial charge in [0.15, 0.2) is 0 Å². The fourth-order valence-electron chi connectivity index (χ4n) is 2.76. The van der Waals surface area contributed by atoms with Crippen molar-refractivity contribution in [1.82, 2.24) is 4.98 Å². The van der Waals surface area contributed by atoms with Crippen molar-refractivity contribution in [2.75, 3.05) is 11.4 Å². The molecule has 1 N–H and O–H groups in total. The highest BCUT2D eigenvalue weighted by Gasteiger charge is 2.29. The van der Waals surface area contributed by atoms with Gasteiger partial charge in [0.2, 0.25) is 0 Å². The van der Waals surface area contributed by atoms with Gasteiger partial charge in [0, 0.05) is 31.2 Å². The summed E-state index contributed by atoms with van der Waals surface area (Å²) in [5.74, 6) is -1.12. The number of aromatic nitrogens is 1. The molecule has 0 bridgehead atoms. The number of carboxylic acid groups (broad SMARTS) is 1. The lowest BCUT2D eigenvalue weighted by Gasteiger charge is -2.34. The first kappa shape index (κ1) is 12.7. The molecule has 1 atom stereocenters. The summed E-state index contributed by atoms with van der Waals surface area (Å²) in [6.45, 7) is 1.54. The van der Waals surface area contributed by atoms with Crippen LogP contribution in [0.5, 0.6) is 0 Å². The molecule has 0 saturated heterocycles. The molecular weight excluding hydrogens is 252 g/mol. The molecule has 0 aliphatic carbocycles. The Hall–Kier alpha value is -2.36. The predicted octanol–water partition coefficient (Wildman–Crippen LogP) is 2.66. The van der Waals surface area contributed by atoms with Crippen LogP contribution in [0.2, 0.25) is 0 Å². The standard InChI is InChI=1S/C16H16N2O2/c19-16(20)14-7-10-18(11-12-5-8-17-9-6-12)15-4-2-1-3-13(14)15/h1-6,8-9,14H,7,10-11H2,(H,19,20). The smallest absolute Gasteiger partial charge is 0.311 e. The van der Waals surface area contributed by atoms with Gasteiger partial charge in [-0.2, -0.15) is 0 Å². The molecule has 0 radical (unpaired) electrons. The molecule has 3 rings (SSSR count). The second-order valence-corrected chi connectivity index (χ2v) is 5.02. The number of hydrogen-bond donors (Lipinski definition) is 1. The van der Waals surface area contributed by atoms with E-state index in [9.17, 15) is 9.90 Å². The van der Waals surface area contributed by atoms with Crippen molar-refractivity contribution in [2.45, 2.75) is 18.9 Å². The maximum absolute atomic E-state index is 11.4. The number of benzene rings is 1. The summed E-state index contributed by atoms with van der Waals surface area (Å²) in [5, 5.41) is 9.33. The maximum Gasteiger partial charge on any atom is 0.311 e. The zero-order valence-electron chi connectivity index (χ0n) is 11.1. The van der Waals surface area contributed by atoms with Gasteiger partial charge >= 0.3 is 5.97 Å². The molecular formula is C16H16N2O2. The molecule has 1 aliphatic heterocycles. The molecule has 0 fully saturated rings. The van der Waals surface area contributed by atoms with E-state index in [4.69, 9.17) is 0 Å². The highest BCUT2D eigenvalue weighted by Crippen LogP contribution is 2.35. The number of fused-ring (bicyclic) bond motifs is 1. The van der Waals surface area contributed by atoms with Crippen molar-refractivity contribution in [3.8, 4) is 0 Å². The molecule has 4 nitrogen and oxygen atoms in total. The number of pyridine rings is 1. The maximum atomic E-state index is 11.4. The van der Waals surface area contributed by atoms with E-state index in [1.807, 2.05) is 36.4 Å². The molecule has 0 spiro atoms. The number of nitrogens with zero attached hydrogens (tertiary/aromatic N) is 2. The monoisotopic (exact) mass is 268 g/mol. The third kappa shape index (κ3) is 2.37. The van der Waals surface area contributed by atoms with Gasteiger partial charge in [-0.3, -0.25) is 9.78 Å². The summed E-state index contributed by atoms with van der Waals surface area (Å²) >= 11 is 0. The number of aliphatic carboxylic acids is 1. The zero-order valence-corrected chi connectivity index (χ0v) is 11.1. The van der Waals surface area contributed by atoms with E-state index >= 15 is 0 Å². The zero-order chi connectivity index (χ0) is 13.9. The topological polar surface area (TPSA) is 53.4 Å². The minimum absolute atomic E-state index is 0.389. The van der Waals surface area contributed by atoms with Crippen molar-refractivity contribution in [3.63, 3.8) is 0 Å². The Morgan fingerprint density at radius 3 is 2.75 bits per heavy atom. The number of hydrogen-bond acceptors (Lipinski definition) is 3. The van der Waals surface area contributed by atoms with Crippen LogP contribution < -0.4 is 4.90 Å². The van der Waals surface area contributed by atoms with E-state index in [0.717, 1.165) is 24.3 Å². The SMILES string of the molecule is O=C(O)C1CCN(Cc2ccncc2)c2ccccc21. The molecule has 102 valence electrons. The Morgan fingerprint density at radius 2 is 2.00 bits per heavy atom. The van der Waals surface area contributed by atoms with Crippen molar-refractivity contribution >= 4 is 11.7 Å². The lowest BCUT2D eigenvalue weighted by molar-refractivity contribution is -0.139. The van der Waals surface area contributed by atoms with Crippen LogP contribution in [0.25, 0.3) is 0 Å². The summed E-state index contributed by atoms with van der Waals surface area (Å²) < 4.78 is 0. The highest BCUT2D eigenvalue weighted by atomic mass is 16.4. The van der Waals surface area contributed by atoms with Crippen LogP contribution in [-0.2, 0) is 11.3 Å². The Balaban J connectivity index is 1.91. The summed E-state index contributed by atoms with van der Waals surface area (Å²) in [5.41, 5.74) is 3.13. The average Bonchev–Trinajstić information content (AvgIpc) is 2.48. The van der Waals surface area contributed by atoms with E-state index in [-0.39, 0.29) is 5.92 Å². The Labute approximate surface area is 117 Å². The summed E-state index contributed by atoms with van der Waals surface area (Å²) in [6, 6.07) is 11.8. The Morgan fingerprint density at radius 1 is 1.25 bits per heavy atom. The molecule has 20 heavy (non-hydrogen) atoms. The minimum atomic E-state index is -0.735. The molecule has 1 aliphatic rings. The number of rotatable bonds is 3. The van der Waals surface area contributed by atoms with Crippen molar-refractivity contribution in [2.24, 2.45) is 0 Å². The van der Waals surface area contributed by atoms with Crippen LogP contribution in [0.15, 0.2) is 48.8 Å². The average molecular weight is 268 g/mol. The first-order valence-electron chi connectivity index (χ1n) is 6.71. The molecule has 2 aromatic rings. The normalized spacial score (nSPS) is 17.6. The fraction of sp³-hybridized carbons (Fsp3) is 0.250. The molecule has 1 aromatic carbocycles. The Kier molecular flexibility index (Phi) is 3.37. The molecule has 1 unspecified atom stereocenters. The van der Waals surface area contributed by atoms with Gasteiger partial charge in [0.05, 0.1) is 5.92 Å². The fourth-order valence-corrected chi connectivity index (χ4v) is 2.76. The summed E-state index contributed by atoms with van der Waals surface area (Å²) in [6.07, 6.45) is 4.22. The van der Waals surface area contributed by atoms with Crippen molar-refractivity contribution < 1.29 is 9.90 Å². The first-order chi connectivity index (χ1) is 9.75. The van der Waals surface area contributed by atoms with Crippen LogP contribution >= 0.6 is 0 Å². The molecule has 1 aromatic heterocycles. The van der Waals surface area contributed by atoms with Gasteiger partial charge in [-0.25, -0.2) is 0 Å². The number of anilines is 1. The van der Waals surface area contributed by atoms with Crippen LogP contribution in [0.4, 0.5) is 5.69 Å². The second-order valence-electron chi connectivity index (χ2n) is 5.02. The lowest BCUT2D eigenvalue weighted by atomic mass is 9.90. The predicted molar refractivity (Wildman–Crippen MR) is 76.7 cm³/mol. The molecule has 2 heterocycles. The van der Waals surface area contributed by atoms with Crippen LogP contribution in [0.1, 0.15) is 23.5 Å².